The van der Waals surface area contributed by atoms with Crippen molar-refractivity contribution in [3.8, 4) is 0 Å². The highest BCUT2D eigenvalue weighted by Gasteiger charge is 2.06. The van der Waals surface area contributed by atoms with E-state index in [2.05, 4.69) is 19.1 Å². The third-order valence-electron chi connectivity index (χ3n) is 1.89. The van der Waals surface area contributed by atoms with Gasteiger partial charge >= 0.3 is 0 Å². The van der Waals surface area contributed by atoms with Crippen molar-refractivity contribution >= 4 is 10.8 Å². The van der Waals surface area contributed by atoms with E-state index in [4.69, 9.17) is 0 Å². The molecule has 0 unspecified atom stereocenters. The molecule has 0 amide bonds. The summed E-state index contributed by atoms with van der Waals surface area (Å²) in [6.07, 6.45) is 1.73. The SMILES string of the molecule is Cc1cc(C)c([S@](C)=O)c(C)c1. The van der Waals surface area contributed by atoms with Crippen molar-refractivity contribution in [2.45, 2.75) is 25.7 Å². The van der Waals surface area contributed by atoms with E-state index in [1.54, 1.807) is 6.26 Å². The van der Waals surface area contributed by atoms with Crippen LogP contribution in [0.25, 0.3) is 0 Å². The van der Waals surface area contributed by atoms with Gasteiger partial charge in [-0.3, -0.25) is 4.21 Å². The molecule has 0 spiro atoms. The average Bonchev–Trinajstić information content (AvgIpc) is 1.82. The lowest BCUT2D eigenvalue weighted by Crippen LogP contribution is -1.96. The molecule has 66 valence electrons. The Hall–Kier alpha value is -0.630. The van der Waals surface area contributed by atoms with Crippen LogP contribution in [-0.2, 0) is 10.8 Å². The number of hydrogen-bond donors (Lipinski definition) is 0. The largest absolute Gasteiger partial charge is 0.255 e. The quantitative estimate of drug-likeness (QED) is 0.651. The first kappa shape index (κ1) is 9.46. The Kier molecular flexibility index (Phi) is 2.68. The molecule has 1 nitrogen and oxygen atoms in total. The summed E-state index contributed by atoms with van der Waals surface area (Å²) in [4.78, 5) is 0.987. The average molecular weight is 182 g/mol. The smallest absolute Gasteiger partial charge is 0.0503 e. The summed E-state index contributed by atoms with van der Waals surface area (Å²) in [5.41, 5.74) is 3.50. The van der Waals surface area contributed by atoms with Gasteiger partial charge in [0.2, 0.25) is 0 Å². The Morgan fingerprint density at radius 2 is 1.50 bits per heavy atom. The molecular formula is C10H14OS. The van der Waals surface area contributed by atoms with E-state index in [1.165, 1.54) is 5.56 Å². The molecule has 0 N–H and O–H groups in total. The summed E-state index contributed by atoms with van der Waals surface area (Å²) in [6, 6.07) is 4.15. The van der Waals surface area contributed by atoms with Crippen molar-refractivity contribution in [2.24, 2.45) is 0 Å². The van der Waals surface area contributed by atoms with Crippen molar-refractivity contribution in [3.63, 3.8) is 0 Å². The van der Waals surface area contributed by atoms with Crippen molar-refractivity contribution < 1.29 is 4.21 Å². The zero-order chi connectivity index (χ0) is 9.30. The first-order valence-corrected chi connectivity index (χ1v) is 5.49. The maximum Gasteiger partial charge on any atom is 0.0503 e. The second kappa shape index (κ2) is 3.40. The van der Waals surface area contributed by atoms with Crippen LogP contribution in [0, 0.1) is 20.8 Å². The van der Waals surface area contributed by atoms with Gasteiger partial charge in [-0.05, 0) is 31.9 Å². The minimum absolute atomic E-state index is 0.860. The van der Waals surface area contributed by atoms with Crippen LogP contribution in [0.2, 0.25) is 0 Å². The van der Waals surface area contributed by atoms with Crippen LogP contribution in [0.3, 0.4) is 0 Å². The van der Waals surface area contributed by atoms with Gasteiger partial charge in [0.15, 0.2) is 0 Å². The van der Waals surface area contributed by atoms with Crippen LogP contribution < -0.4 is 0 Å². The van der Waals surface area contributed by atoms with Crippen LogP contribution in [0.1, 0.15) is 16.7 Å². The van der Waals surface area contributed by atoms with E-state index in [0.29, 0.717) is 0 Å². The zero-order valence-electron chi connectivity index (χ0n) is 7.97. The molecule has 1 atom stereocenters. The van der Waals surface area contributed by atoms with E-state index in [1.807, 2.05) is 13.8 Å². The zero-order valence-corrected chi connectivity index (χ0v) is 8.79. The lowest BCUT2D eigenvalue weighted by atomic mass is 10.1. The van der Waals surface area contributed by atoms with Gasteiger partial charge in [0.05, 0.1) is 10.8 Å². The Bertz CT molecular complexity index is 306. The summed E-state index contributed by atoms with van der Waals surface area (Å²) in [6.45, 7) is 6.08. The Morgan fingerprint density at radius 3 is 1.83 bits per heavy atom. The molecule has 0 saturated carbocycles. The van der Waals surface area contributed by atoms with Gasteiger partial charge in [0, 0.05) is 11.2 Å². The van der Waals surface area contributed by atoms with Gasteiger partial charge < -0.3 is 0 Å². The maximum absolute atomic E-state index is 11.3. The van der Waals surface area contributed by atoms with Gasteiger partial charge in [-0.15, -0.1) is 0 Å². The molecular weight excluding hydrogens is 168 g/mol. The van der Waals surface area contributed by atoms with Gasteiger partial charge in [-0.1, -0.05) is 17.7 Å². The fourth-order valence-corrected chi connectivity index (χ4v) is 2.64. The van der Waals surface area contributed by atoms with Gasteiger partial charge in [0.1, 0.15) is 0 Å². The first-order chi connectivity index (χ1) is 5.52. The lowest BCUT2D eigenvalue weighted by Gasteiger charge is -2.07. The molecule has 0 heterocycles. The molecule has 0 aliphatic rings. The monoisotopic (exact) mass is 182 g/mol. The first-order valence-electron chi connectivity index (χ1n) is 3.93. The standard InChI is InChI=1S/C10H14OS/c1-7-5-8(2)10(12(4)11)9(3)6-7/h5-6H,1-4H3/t12-/m0/s1. The molecule has 0 saturated heterocycles. The van der Waals surface area contributed by atoms with Gasteiger partial charge in [0.25, 0.3) is 0 Å². The molecule has 1 rings (SSSR count). The molecule has 12 heavy (non-hydrogen) atoms. The van der Waals surface area contributed by atoms with E-state index in [-0.39, 0.29) is 0 Å². The number of hydrogen-bond acceptors (Lipinski definition) is 1. The third-order valence-corrected chi connectivity index (χ3v) is 3.11. The Labute approximate surface area is 76.3 Å². The summed E-state index contributed by atoms with van der Waals surface area (Å²) < 4.78 is 11.3. The minimum atomic E-state index is -0.860. The van der Waals surface area contributed by atoms with Crippen molar-refractivity contribution in [1.82, 2.24) is 0 Å². The highest BCUT2D eigenvalue weighted by atomic mass is 32.2. The fourth-order valence-electron chi connectivity index (χ4n) is 1.62. The lowest BCUT2D eigenvalue weighted by molar-refractivity contribution is 0.686. The van der Waals surface area contributed by atoms with Crippen LogP contribution in [0.4, 0.5) is 0 Å². The number of aryl methyl sites for hydroxylation is 3. The second-order valence-electron chi connectivity index (χ2n) is 3.18. The summed E-state index contributed by atoms with van der Waals surface area (Å²) in [7, 11) is -0.860. The van der Waals surface area contributed by atoms with Crippen molar-refractivity contribution in [1.29, 1.82) is 0 Å². The van der Waals surface area contributed by atoms with Crippen LogP contribution in [0.15, 0.2) is 17.0 Å². The third kappa shape index (κ3) is 1.75. The van der Waals surface area contributed by atoms with Gasteiger partial charge in [-0.25, -0.2) is 0 Å². The van der Waals surface area contributed by atoms with E-state index >= 15 is 0 Å². The van der Waals surface area contributed by atoms with Crippen LogP contribution >= 0.6 is 0 Å². The summed E-state index contributed by atoms with van der Waals surface area (Å²) >= 11 is 0. The molecule has 0 aromatic heterocycles. The minimum Gasteiger partial charge on any atom is -0.255 e. The maximum atomic E-state index is 11.3. The van der Waals surface area contributed by atoms with E-state index in [0.717, 1.165) is 16.0 Å². The van der Waals surface area contributed by atoms with Gasteiger partial charge in [-0.2, -0.15) is 0 Å². The predicted molar refractivity (Wildman–Crippen MR) is 53.0 cm³/mol. The van der Waals surface area contributed by atoms with Crippen molar-refractivity contribution in [2.75, 3.05) is 6.26 Å². The van der Waals surface area contributed by atoms with Crippen LogP contribution in [0.5, 0.6) is 0 Å². The molecule has 1 aromatic carbocycles. The van der Waals surface area contributed by atoms with E-state index in [9.17, 15) is 4.21 Å². The molecule has 0 aliphatic heterocycles. The van der Waals surface area contributed by atoms with Crippen molar-refractivity contribution in [3.05, 3.63) is 28.8 Å². The molecule has 2 heteroatoms. The summed E-state index contributed by atoms with van der Waals surface area (Å²) in [5.74, 6) is 0. The topological polar surface area (TPSA) is 17.1 Å². The summed E-state index contributed by atoms with van der Waals surface area (Å²) in [5, 5.41) is 0. The van der Waals surface area contributed by atoms with Crippen LogP contribution in [-0.4, -0.2) is 10.5 Å². The molecule has 0 bridgehead atoms. The van der Waals surface area contributed by atoms with E-state index < -0.39 is 10.8 Å². The molecule has 0 fully saturated rings. The fraction of sp³-hybridized carbons (Fsp3) is 0.400. The Morgan fingerprint density at radius 1 is 1.08 bits per heavy atom. The molecule has 0 aliphatic carbocycles. The predicted octanol–water partition coefficient (Wildman–Crippen LogP) is 2.35. The normalized spacial score (nSPS) is 13.0. The number of rotatable bonds is 1. The highest BCUT2D eigenvalue weighted by Crippen LogP contribution is 2.18. The Balaban J connectivity index is 3.38. The molecule has 1 aromatic rings. The highest BCUT2D eigenvalue weighted by molar-refractivity contribution is 7.84. The second-order valence-corrected chi connectivity index (χ2v) is 4.50. The molecule has 0 radical (unpaired) electrons. The number of benzene rings is 1.